The lowest BCUT2D eigenvalue weighted by molar-refractivity contribution is -0.118. The topological polar surface area (TPSA) is 178 Å². The molecule has 2 heterocycles. The molecule has 0 atom stereocenters. The molecule has 2 aromatic rings. The van der Waals surface area contributed by atoms with Crippen molar-refractivity contribution in [1.29, 1.82) is 0 Å². The van der Waals surface area contributed by atoms with Crippen LogP contribution >= 0.6 is 11.8 Å². The molecule has 0 radical (unpaired) electrons. The minimum Gasteiger partial charge on any atom is -0.395 e. The van der Waals surface area contributed by atoms with E-state index < -0.39 is 27.2 Å². The fourth-order valence-electron chi connectivity index (χ4n) is 2.80. The number of sulfonamides is 1. The number of nitrogens with one attached hydrogen (secondary N) is 2. The Morgan fingerprint density at radius 1 is 1.13 bits per heavy atom. The van der Waals surface area contributed by atoms with Crippen LogP contribution in [0.5, 0.6) is 0 Å². The number of aryl methyl sites for hydroxylation is 1. The molecule has 15 heteroatoms. The molecule has 0 aliphatic rings. The van der Waals surface area contributed by atoms with Gasteiger partial charge < -0.3 is 20.1 Å². The van der Waals surface area contributed by atoms with Gasteiger partial charge in [-0.2, -0.15) is 0 Å². The van der Waals surface area contributed by atoms with Gasteiger partial charge in [-0.25, -0.2) is 18.2 Å². The summed E-state index contributed by atoms with van der Waals surface area (Å²) in [6, 6.07) is 0. The predicted molar refractivity (Wildman–Crippen MR) is 115 cm³/mol. The quantitative estimate of drug-likeness (QED) is 0.181. The summed E-state index contributed by atoms with van der Waals surface area (Å²) < 4.78 is 29.4. The van der Waals surface area contributed by atoms with E-state index in [1.807, 2.05) is 4.72 Å². The monoisotopic (exact) mass is 478 g/mol. The van der Waals surface area contributed by atoms with Crippen molar-refractivity contribution < 1.29 is 23.4 Å². The van der Waals surface area contributed by atoms with E-state index >= 15 is 0 Å². The van der Waals surface area contributed by atoms with Crippen molar-refractivity contribution in [2.24, 2.45) is 14.1 Å². The molecule has 0 bridgehead atoms. The van der Waals surface area contributed by atoms with E-state index in [-0.39, 0.29) is 61.9 Å². The summed E-state index contributed by atoms with van der Waals surface area (Å²) in [5.74, 6) is -0.842. The van der Waals surface area contributed by atoms with Gasteiger partial charge in [-0.15, -0.1) is 0 Å². The standard InChI is InChI=1S/C16H26N6O7S2/c1-20-13-12(14(26)21(2)16(20)27)18-15(22(13)6-8-24)30-9-3-11(25)19-31(28,29)10-5-17-4-7-23/h17,23-24H,3-10H2,1-2H3,(H,19,25). The third-order valence-electron chi connectivity index (χ3n) is 4.29. The summed E-state index contributed by atoms with van der Waals surface area (Å²) in [6.45, 7) is 0.0531. The van der Waals surface area contributed by atoms with Gasteiger partial charge in [-0.3, -0.25) is 23.4 Å². The number of fused-ring (bicyclic) bond motifs is 1. The molecule has 2 aromatic heterocycles. The van der Waals surface area contributed by atoms with Crippen LogP contribution in [0.4, 0.5) is 0 Å². The largest absolute Gasteiger partial charge is 0.395 e. The highest BCUT2D eigenvalue weighted by Crippen LogP contribution is 2.22. The molecule has 0 fully saturated rings. The maximum atomic E-state index is 12.4. The van der Waals surface area contributed by atoms with Crippen LogP contribution in [0.25, 0.3) is 11.2 Å². The van der Waals surface area contributed by atoms with Gasteiger partial charge >= 0.3 is 5.69 Å². The average Bonchev–Trinajstić information content (AvgIpc) is 3.06. The van der Waals surface area contributed by atoms with Crippen molar-refractivity contribution in [2.75, 3.05) is 37.8 Å². The van der Waals surface area contributed by atoms with E-state index in [0.717, 1.165) is 16.3 Å². The second kappa shape index (κ2) is 10.9. The van der Waals surface area contributed by atoms with Gasteiger partial charge in [0, 0.05) is 45.9 Å². The Bertz CT molecular complexity index is 1150. The second-order valence-corrected chi connectivity index (χ2v) is 9.47. The number of aromatic nitrogens is 4. The number of thioether (sulfide) groups is 1. The molecule has 0 aromatic carbocycles. The number of nitrogens with zero attached hydrogens (tertiary/aromatic N) is 4. The summed E-state index contributed by atoms with van der Waals surface area (Å²) in [5, 5.41) is 21.1. The minimum absolute atomic E-state index is 0.0583. The van der Waals surface area contributed by atoms with Crippen molar-refractivity contribution >= 4 is 38.9 Å². The SMILES string of the molecule is Cn1c(=O)c2nc(SCCC(=O)NS(=O)(=O)CCNCCO)n(CCO)c2n(C)c1=O. The van der Waals surface area contributed by atoms with Gasteiger partial charge in [0.2, 0.25) is 15.9 Å². The highest BCUT2D eigenvalue weighted by Gasteiger charge is 2.20. The van der Waals surface area contributed by atoms with Gasteiger partial charge in [0.25, 0.3) is 5.56 Å². The third kappa shape index (κ3) is 6.16. The highest BCUT2D eigenvalue weighted by atomic mass is 32.2. The number of carbonyl (C=O) groups excluding carboxylic acids is 1. The van der Waals surface area contributed by atoms with Crippen molar-refractivity contribution in [3.05, 3.63) is 20.8 Å². The summed E-state index contributed by atoms with van der Waals surface area (Å²) in [6.07, 6.45) is -0.132. The van der Waals surface area contributed by atoms with Crippen molar-refractivity contribution in [1.82, 2.24) is 28.7 Å². The first-order valence-electron chi connectivity index (χ1n) is 9.37. The van der Waals surface area contributed by atoms with Crippen LogP contribution in [0, 0.1) is 0 Å². The smallest absolute Gasteiger partial charge is 0.332 e. The Hall–Kier alpha value is -2.20. The lowest BCUT2D eigenvalue weighted by Gasteiger charge is -2.10. The Balaban J connectivity index is 2.09. The third-order valence-corrected chi connectivity index (χ3v) is 6.55. The number of imidazole rings is 1. The molecule has 0 unspecified atom stereocenters. The van der Waals surface area contributed by atoms with Crippen LogP contribution in [-0.2, 0) is 35.5 Å². The first kappa shape index (κ1) is 25.1. The van der Waals surface area contributed by atoms with Crippen molar-refractivity contribution in [3.8, 4) is 0 Å². The van der Waals surface area contributed by atoms with Crippen molar-refractivity contribution in [2.45, 2.75) is 18.1 Å². The molecule has 4 N–H and O–H groups in total. The summed E-state index contributed by atoms with van der Waals surface area (Å²) in [5.41, 5.74) is -0.795. The highest BCUT2D eigenvalue weighted by molar-refractivity contribution is 7.99. The summed E-state index contributed by atoms with van der Waals surface area (Å²) >= 11 is 1.10. The van der Waals surface area contributed by atoms with Crippen LogP contribution in [0.15, 0.2) is 14.7 Å². The van der Waals surface area contributed by atoms with Crippen LogP contribution < -0.4 is 21.3 Å². The number of hydrogen-bond donors (Lipinski definition) is 4. The number of rotatable bonds is 12. The van der Waals surface area contributed by atoms with Crippen LogP contribution in [-0.4, -0.2) is 81.0 Å². The molecule has 0 aliphatic heterocycles. The van der Waals surface area contributed by atoms with Gasteiger partial charge in [0.1, 0.15) is 0 Å². The van der Waals surface area contributed by atoms with E-state index in [4.69, 9.17) is 5.11 Å². The average molecular weight is 479 g/mol. The molecule has 174 valence electrons. The summed E-state index contributed by atoms with van der Waals surface area (Å²) in [7, 11) is -0.976. The van der Waals surface area contributed by atoms with Crippen LogP contribution in [0.1, 0.15) is 6.42 Å². The van der Waals surface area contributed by atoms with E-state index in [1.165, 1.54) is 23.2 Å². The Morgan fingerprint density at radius 2 is 1.84 bits per heavy atom. The van der Waals surface area contributed by atoms with Gasteiger partial charge in [-0.05, 0) is 0 Å². The fraction of sp³-hybridized carbons (Fsp3) is 0.625. The molecule has 13 nitrogen and oxygen atoms in total. The van der Waals surface area contributed by atoms with E-state index in [1.54, 1.807) is 0 Å². The Kier molecular flexibility index (Phi) is 8.81. The predicted octanol–water partition coefficient (Wildman–Crippen LogP) is -3.06. The Morgan fingerprint density at radius 3 is 2.48 bits per heavy atom. The zero-order valence-electron chi connectivity index (χ0n) is 17.2. The lowest BCUT2D eigenvalue weighted by atomic mass is 10.5. The molecule has 31 heavy (non-hydrogen) atoms. The van der Waals surface area contributed by atoms with Crippen LogP contribution in [0.3, 0.4) is 0 Å². The van der Waals surface area contributed by atoms with Gasteiger partial charge in [0.15, 0.2) is 16.3 Å². The fourth-order valence-corrected chi connectivity index (χ4v) is 4.73. The zero-order chi connectivity index (χ0) is 23.2. The molecule has 1 amide bonds. The number of carbonyl (C=O) groups is 1. The molecule has 2 rings (SSSR count). The van der Waals surface area contributed by atoms with E-state index in [9.17, 15) is 27.9 Å². The lowest BCUT2D eigenvalue weighted by Crippen LogP contribution is -2.37. The van der Waals surface area contributed by atoms with E-state index in [2.05, 4.69) is 10.3 Å². The number of amides is 1. The first-order valence-corrected chi connectivity index (χ1v) is 12.0. The Labute approximate surface area is 182 Å². The zero-order valence-corrected chi connectivity index (χ0v) is 18.8. The van der Waals surface area contributed by atoms with E-state index in [0.29, 0.717) is 5.16 Å². The summed E-state index contributed by atoms with van der Waals surface area (Å²) in [4.78, 5) is 40.8. The molecular weight excluding hydrogens is 452 g/mol. The van der Waals surface area contributed by atoms with Gasteiger partial charge in [0.05, 0.1) is 19.0 Å². The maximum Gasteiger partial charge on any atom is 0.332 e. The molecule has 0 saturated carbocycles. The normalized spacial score (nSPS) is 11.9. The number of hydrogen-bond acceptors (Lipinski definition) is 10. The number of aliphatic hydroxyl groups is 2. The number of aliphatic hydroxyl groups excluding tert-OH is 2. The van der Waals surface area contributed by atoms with Crippen molar-refractivity contribution in [3.63, 3.8) is 0 Å². The van der Waals surface area contributed by atoms with Crippen LogP contribution in [0.2, 0.25) is 0 Å². The minimum atomic E-state index is -3.80. The molecular formula is C16H26N6O7S2. The first-order chi connectivity index (χ1) is 14.6. The molecule has 0 aliphatic carbocycles. The second-order valence-electron chi connectivity index (χ2n) is 6.56. The molecule has 0 spiro atoms. The maximum absolute atomic E-state index is 12.4. The van der Waals surface area contributed by atoms with Gasteiger partial charge in [-0.1, -0.05) is 11.8 Å². The molecule has 0 saturated heterocycles.